The number of hydrogen-bond donors (Lipinski definition) is 2. The van der Waals surface area contributed by atoms with E-state index in [1.54, 1.807) is 13.2 Å². The highest BCUT2D eigenvalue weighted by molar-refractivity contribution is 7.19. The average molecular weight is 271 g/mol. The second kappa shape index (κ2) is 5.42. The smallest absolute Gasteiger partial charge is 0.172 e. The van der Waals surface area contributed by atoms with Gasteiger partial charge in [0.15, 0.2) is 5.82 Å². The number of hydrazine groups is 1. The highest BCUT2D eigenvalue weighted by Crippen LogP contribution is 2.29. The number of anilines is 1. The van der Waals surface area contributed by atoms with E-state index in [0.717, 1.165) is 10.6 Å². The molecule has 0 aliphatic carbocycles. The summed E-state index contributed by atoms with van der Waals surface area (Å²) >= 11 is 7.30. The van der Waals surface area contributed by atoms with E-state index in [1.807, 2.05) is 12.1 Å². The lowest BCUT2D eigenvalue weighted by Gasteiger charge is -2.05. The second-order valence-electron chi connectivity index (χ2n) is 3.25. The first-order chi connectivity index (χ1) is 8.22. The molecule has 2 aromatic heterocycles. The Balaban J connectivity index is 2.42. The summed E-state index contributed by atoms with van der Waals surface area (Å²) in [6, 6.07) is 5.42. The van der Waals surface area contributed by atoms with E-state index in [-0.39, 0.29) is 0 Å². The Morgan fingerprint density at radius 1 is 1.47 bits per heavy atom. The van der Waals surface area contributed by atoms with Crippen LogP contribution < -0.4 is 11.3 Å². The van der Waals surface area contributed by atoms with Crippen LogP contribution in [0, 0.1) is 0 Å². The molecule has 0 aliphatic rings. The van der Waals surface area contributed by atoms with Crippen molar-refractivity contribution in [2.75, 3.05) is 12.5 Å². The first-order valence-corrected chi connectivity index (χ1v) is 6.01. The maximum Gasteiger partial charge on any atom is 0.172 e. The van der Waals surface area contributed by atoms with Gasteiger partial charge in [-0.3, -0.25) is 0 Å². The summed E-state index contributed by atoms with van der Waals surface area (Å²) < 4.78 is 5.74. The topological polar surface area (TPSA) is 73.1 Å². The highest BCUT2D eigenvalue weighted by atomic mass is 35.5. The molecule has 2 aromatic rings. The maximum atomic E-state index is 5.88. The molecule has 0 atom stereocenters. The van der Waals surface area contributed by atoms with Crippen molar-refractivity contribution in [3.8, 4) is 10.7 Å². The minimum Gasteiger partial charge on any atom is -0.378 e. The Labute approximate surface area is 108 Å². The number of ether oxygens (including phenoxy) is 1. The van der Waals surface area contributed by atoms with Crippen molar-refractivity contribution < 1.29 is 4.74 Å². The van der Waals surface area contributed by atoms with E-state index >= 15 is 0 Å². The molecule has 0 aromatic carbocycles. The van der Waals surface area contributed by atoms with E-state index in [4.69, 9.17) is 22.2 Å². The van der Waals surface area contributed by atoms with Crippen molar-refractivity contribution in [1.82, 2.24) is 9.97 Å². The van der Waals surface area contributed by atoms with Gasteiger partial charge in [0.1, 0.15) is 5.82 Å². The number of methoxy groups -OCH3 is 1. The molecule has 0 saturated carbocycles. The number of rotatable bonds is 4. The molecular formula is C10H11ClN4OS. The normalized spacial score (nSPS) is 10.5. The zero-order valence-corrected chi connectivity index (χ0v) is 10.7. The van der Waals surface area contributed by atoms with Crippen LogP contribution in [-0.4, -0.2) is 17.1 Å². The van der Waals surface area contributed by atoms with Crippen LogP contribution in [0.4, 0.5) is 5.82 Å². The molecule has 0 radical (unpaired) electrons. The minimum atomic E-state index is 0.406. The van der Waals surface area contributed by atoms with Gasteiger partial charge in [-0.25, -0.2) is 15.8 Å². The third-order valence-corrected chi connectivity index (χ3v) is 3.24. The molecule has 3 N–H and O–H groups in total. The quantitative estimate of drug-likeness (QED) is 0.659. The summed E-state index contributed by atoms with van der Waals surface area (Å²) in [7, 11) is 1.61. The number of nitrogens with two attached hydrogens (primary N) is 1. The van der Waals surface area contributed by atoms with Gasteiger partial charge in [0, 0.05) is 13.2 Å². The summed E-state index contributed by atoms with van der Waals surface area (Å²) in [4.78, 5) is 9.53. The van der Waals surface area contributed by atoms with Crippen LogP contribution >= 0.6 is 22.9 Å². The zero-order valence-electron chi connectivity index (χ0n) is 9.11. The molecule has 0 spiro atoms. The molecule has 0 unspecified atom stereocenters. The molecule has 0 bridgehead atoms. The standard InChI is InChI=1S/C10H11ClN4OS/c1-16-5-6-4-9(15-12)14-10(13-6)7-2-3-8(11)17-7/h2-4H,5,12H2,1H3,(H,13,14,15). The molecule has 5 nitrogen and oxygen atoms in total. The number of hydrogen-bond acceptors (Lipinski definition) is 6. The molecular weight excluding hydrogens is 260 g/mol. The molecule has 2 heterocycles. The summed E-state index contributed by atoms with van der Waals surface area (Å²) in [5.74, 6) is 6.50. The Morgan fingerprint density at radius 2 is 2.29 bits per heavy atom. The van der Waals surface area contributed by atoms with E-state index < -0.39 is 0 Å². The molecule has 2 rings (SSSR count). The number of thiophene rings is 1. The Kier molecular flexibility index (Phi) is 3.90. The van der Waals surface area contributed by atoms with Gasteiger partial charge in [0.05, 0.1) is 21.5 Å². The fraction of sp³-hybridized carbons (Fsp3) is 0.200. The highest BCUT2D eigenvalue weighted by Gasteiger charge is 2.08. The molecule has 7 heteroatoms. The van der Waals surface area contributed by atoms with Crippen LogP contribution in [0.2, 0.25) is 4.34 Å². The van der Waals surface area contributed by atoms with Gasteiger partial charge in [0.2, 0.25) is 0 Å². The number of nitrogens with one attached hydrogen (secondary N) is 1. The lowest BCUT2D eigenvalue weighted by molar-refractivity contribution is 0.181. The molecule has 0 aliphatic heterocycles. The minimum absolute atomic E-state index is 0.406. The lowest BCUT2D eigenvalue weighted by atomic mass is 10.3. The predicted octanol–water partition coefficient (Wildman–Crippen LogP) is 2.29. The monoisotopic (exact) mass is 270 g/mol. The molecule has 90 valence electrons. The van der Waals surface area contributed by atoms with Crippen LogP contribution in [0.25, 0.3) is 10.7 Å². The summed E-state index contributed by atoms with van der Waals surface area (Å²) in [5, 5.41) is 0. The first kappa shape index (κ1) is 12.3. The van der Waals surface area contributed by atoms with Crippen molar-refractivity contribution in [1.29, 1.82) is 0 Å². The largest absolute Gasteiger partial charge is 0.378 e. The Hall–Kier alpha value is -1.21. The summed E-state index contributed by atoms with van der Waals surface area (Å²) in [6.45, 7) is 0.406. The Morgan fingerprint density at radius 3 is 2.88 bits per heavy atom. The summed E-state index contributed by atoms with van der Waals surface area (Å²) in [6.07, 6.45) is 0. The number of halogens is 1. The molecule has 0 fully saturated rings. The molecule has 0 amide bonds. The third-order valence-electron chi connectivity index (χ3n) is 2.01. The van der Waals surface area contributed by atoms with E-state index in [0.29, 0.717) is 22.6 Å². The van der Waals surface area contributed by atoms with Gasteiger partial charge in [-0.2, -0.15) is 0 Å². The van der Waals surface area contributed by atoms with Crippen molar-refractivity contribution >= 4 is 28.8 Å². The molecule has 0 saturated heterocycles. The fourth-order valence-corrected chi connectivity index (χ4v) is 2.32. The van der Waals surface area contributed by atoms with Crippen LogP contribution in [0.3, 0.4) is 0 Å². The fourth-order valence-electron chi connectivity index (χ4n) is 1.34. The first-order valence-electron chi connectivity index (χ1n) is 4.82. The van der Waals surface area contributed by atoms with Gasteiger partial charge >= 0.3 is 0 Å². The lowest BCUT2D eigenvalue weighted by Crippen LogP contribution is -2.10. The average Bonchev–Trinajstić information content (AvgIpc) is 2.76. The van der Waals surface area contributed by atoms with Gasteiger partial charge < -0.3 is 10.2 Å². The van der Waals surface area contributed by atoms with Crippen LogP contribution in [-0.2, 0) is 11.3 Å². The van der Waals surface area contributed by atoms with Crippen molar-refractivity contribution in [2.24, 2.45) is 5.84 Å². The maximum absolute atomic E-state index is 5.88. The number of nitrogen functional groups attached to an aromatic ring is 1. The summed E-state index contributed by atoms with van der Waals surface area (Å²) in [5.41, 5.74) is 3.27. The number of aromatic nitrogens is 2. The van der Waals surface area contributed by atoms with Gasteiger partial charge in [-0.1, -0.05) is 11.6 Å². The Bertz CT molecular complexity index is 517. The van der Waals surface area contributed by atoms with Crippen LogP contribution in [0.5, 0.6) is 0 Å². The van der Waals surface area contributed by atoms with E-state index in [2.05, 4.69) is 15.4 Å². The third kappa shape index (κ3) is 2.92. The SMILES string of the molecule is COCc1cc(NN)nc(-c2ccc(Cl)s2)n1. The van der Waals surface area contributed by atoms with Crippen LogP contribution in [0.15, 0.2) is 18.2 Å². The van der Waals surface area contributed by atoms with Gasteiger partial charge in [-0.05, 0) is 12.1 Å². The zero-order chi connectivity index (χ0) is 12.3. The van der Waals surface area contributed by atoms with Crippen molar-refractivity contribution in [3.63, 3.8) is 0 Å². The predicted molar refractivity (Wildman–Crippen MR) is 68.9 cm³/mol. The van der Waals surface area contributed by atoms with Crippen molar-refractivity contribution in [3.05, 3.63) is 28.2 Å². The van der Waals surface area contributed by atoms with E-state index in [1.165, 1.54) is 11.3 Å². The number of nitrogens with zero attached hydrogens (tertiary/aromatic N) is 2. The second-order valence-corrected chi connectivity index (χ2v) is 4.96. The van der Waals surface area contributed by atoms with Gasteiger partial charge in [0.25, 0.3) is 0 Å². The van der Waals surface area contributed by atoms with E-state index in [9.17, 15) is 0 Å². The molecule has 17 heavy (non-hydrogen) atoms. The van der Waals surface area contributed by atoms with Gasteiger partial charge in [-0.15, -0.1) is 11.3 Å². The van der Waals surface area contributed by atoms with Crippen molar-refractivity contribution in [2.45, 2.75) is 6.61 Å². The van der Waals surface area contributed by atoms with Crippen LogP contribution in [0.1, 0.15) is 5.69 Å².